The molecule has 2 rings (SSSR count). The van der Waals surface area contributed by atoms with E-state index < -0.39 is 0 Å². The van der Waals surface area contributed by atoms with Crippen LogP contribution in [0.15, 0.2) is 24.5 Å². The Kier molecular flexibility index (Phi) is 4.74. The first-order chi connectivity index (χ1) is 9.63. The van der Waals surface area contributed by atoms with Crippen molar-refractivity contribution in [1.29, 1.82) is 0 Å². The molecule has 0 atom stereocenters. The van der Waals surface area contributed by atoms with Crippen LogP contribution in [0.1, 0.15) is 29.9 Å². The molecule has 108 valence electrons. The summed E-state index contributed by atoms with van der Waals surface area (Å²) in [5.74, 6) is -0.112. The van der Waals surface area contributed by atoms with Crippen molar-refractivity contribution in [2.45, 2.75) is 20.8 Å². The molecule has 0 aliphatic heterocycles. The van der Waals surface area contributed by atoms with Gasteiger partial charge in [0.2, 0.25) is 0 Å². The predicted molar refractivity (Wildman–Crippen MR) is 80.1 cm³/mol. The minimum Gasteiger partial charge on any atom is -0.349 e. The Labute approximate surface area is 119 Å². The number of aromatic nitrogens is 2. The number of carbonyl (C=O) groups is 1. The lowest BCUT2D eigenvalue weighted by molar-refractivity contribution is 0.0944. The lowest BCUT2D eigenvalue weighted by Gasteiger charge is -2.17. The largest absolute Gasteiger partial charge is 0.349 e. The Morgan fingerprint density at radius 1 is 1.40 bits per heavy atom. The molecule has 1 amide bonds. The first-order valence-electron chi connectivity index (χ1n) is 7.10. The molecule has 0 aliphatic carbocycles. The zero-order valence-electron chi connectivity index (χ0n) is 12.4. The summed E-state index contributed by atoms with van der Waals surface area (Å²) in [6.45, 7) is 9.77. The molecule has 5 heteroatoms. The quantitative estimate of drug-likeness (QED) is 0.872. The van der Waals surface area contributed by atoms with Gasteiger partial charge in [0.15, 0.2) is 0 Å². The fraction of sp³-hybridized carbons (Fsp3) is 0.467. The van der Waals surface area contributed by atoms with E-state index in [4.69, 9.17) is 0 Å². The van der Waals surface area contributed by atoms with E-state index in [-0.39, 0.29) is 5.91 Å². The summed E-state index contributed by atoms with van der Waals surface area (Å²) >= 11 is 0. The van der Waals surface area contributed by atoms with Crippen LogP contribution < -0.4 is 5.32 Å². The SMILES string of the molecule is CCN(CC)CCNC(=O)c1cn2ccc(C)cc2n1. The second-order valence-electron chi connectivity index (χ2n) is 4.88. The van der Waals surface area contributed by atoms with E-state index in [0.29, 0.717) is 12.2 Å². The first kappa shape index (κ1) is 14.5. The molecule has 0 saturated heterocycles. The highest BCUT2D eigenvalue weighted by molar-refractivity contribution is 5.92. The summed E-state index contributed by atoms with van der Waals surface area (Å²) in [7, 11) is 0. The van der Waals surface area contributed by atoms with E-state index in [1.807, 2.05) is 29.7 Å². The molecule has 0 aromatic carbocycles. The number of rotatable bonds is 6. The Hall–Kier alpha value is -1.88. The van der Waals surface area contributed by atoms with Crippen LogP contribution in [0.25, 0.3) is 5.65 Å². The van der Waals surface area contributed by atoms with E-state index in [0.717, 1.165) is 30.8 Å². The van der Waals surface area contributed by atoms with Gasteiger partial charge in [0.25, 0.3) is 5.91 Å². The average molecular weight is 274 g/mol. The van der Waals surface area contributed by atoms with E-state index >= 15 is 0 Å². The van der Waals surface area contributed by atoms with Crippen LogP contribution in [0.2, 0.25) is 0 Å². The number of amides is 1. The van der Waals surface area contributed by atoms with Crippen molar-refractivity contribution in [3.63, 3.8) is 0 Å². The van der Waals surface area contributed by atoms with Crippen LogP contribution in [0.4, 0.5) is 0 Å². The van der Waals surface area contributed by atoms with Crippen LogP contribution in [-0.2, 0) is 0 Å². The summed E-state index contributed by atoms with van der Waals surface area (Å²) in [4.78, 5) is 18.7. The van der Waals surface area contributed by atoms with Gasteiger partial charge in [-0.25, -0.2) is 4.98 Å². The molecule has 0 aliphatic rings. The topological polar surface area (TPSA) is 49.6 Å². The van der Waals surface area contributed by atoms with Gasteiger partial charge < -0.3 is 14.6 Å². The van der Waals surface area contributed by atoms with Gasteiger partial charge in [-0.05, 0) is 37.7 Å². The highest BCUT2D eigenvalue weighted by Gasteiger charge is 2.10. The maximum absolute atomic E-state index is 12.1. The predicted octanol–water partition coefficient (Wildman–Crippen LogP) is 1.71. The third kappa shape index (κ3) is 3.36. The molecule has 0 spiro atoms. The van der Waals surface area contributed by atoms with Crippen molar-refractivity contribution < 1.29 is 4.79 Å². The number of aryl methyl sites for hydroxylation is 1. The fourth-order valence-corrected chi connectivity index (χ4v) is 2.15. The second kappa shape index (κ2) is 6.52. The van der Waals surface area contributed by atoms with Crippen LogP contribution in [0, 0.1) is 6.92 Å². The van der Waals surface area contributed by atoms with E-state index in [9.17, 15) is 4.79 Å². The van der Waals surface area contributed by atoms with Crippen LogP contribution in [0.5, 0.6) is 0 Å². The number of pyridine rings is 1. The van der Waals surface area contributed by atoms with Crippen molar-refractivity contribution in [1.82, 2.24) is 19.6 Å². The molecule has 0 fully saturated rings. The summed E-state index contributed by atoms with van der Waals surface area (Å²) in [5.41, 5.74) is 2.41. The van der Waals surface area contributed by atoms with Crippen LogP contribution >= 0.6 is 0 Å². The van der Waals surface area contributed by atoms with Crippen LogP contribution in [-0.4, -0.2) is 46.4 Å². The lowest BCUT2D eigenvalue weighted by atomic mass is 10.3. The molecular weight excluding hydrogens is 252 g/mol. The Bertz CT molecular complexity index is 587. The third-order valence-corrected chi connectivity index (χ3v) is 3.46. The standard InChI is InChI=1S/C15H22N4O/c1-4-18(5-2)9-7-16-15(20)13-11-19-8-6-12(3)10-14(19)17-13/h6,8,10-11H,4-5,7,9H2,1-3H3,(H,16,20). The minimum absolute atomic E-state index is 0.112. The average Bonchev–Trinajstić information content (AvgIpc) is 2.86. The number of nitrogens with zero attached hydrogens (tertiary/aromatic N) is 3. The number of likely N-dealkylation sites (N-methyl/N-ethyl adjacent to an activating group) is 1. The van der Waals surface area contributed by atoms with Gasteiger partial charge >= 0.3 is 0 Å². The van der Waals surface area contributed by atoms with Crippen molar-refractivity contribution >= 4 is 11.6 Å². The molecular formula is C15H22N4O. The third-order valence-electron chi connectivity index (χ3n) is 3.46. The maximum Gasteiger partial charge on any atom is 0.271 e. The molecule has 2 aromatic heterocycles. The summed E-state index contributed by atoms with van der Waals surface area (Å²) in [6.07, 6.45) is 3.69. The van der Waals surface area contributed by atoms with Crippen LogP contribution in [0.3, 0.4) is 0 Å². The zero-order chi connectivity index (χ0) is 14.5. The number of hydrogen-bond acceptors (Lipinski definition) is 3. The van der Waals surface area contributed by atoms with Crippen molar-refractivity contribution in [3.8, 4) is 0 Å². The number of hydrogen-bond donors (Lipinski definition) is 1. The van der Waals surface area contributed by atoms with Gasteiger partial charge in [0, 0.05) is 25.5 Å². The number of imidazole rings is 1. The van der Waals surface area contributed by atoms with Gasteiger partial charge in [0.1, 0.15) is 11.3 Å². The van der Waals surface area contributed by atoms with Gasteiger partial charge in [-0.2, -0.15) is 0 Å². The van der Waals surface area contributed by atoms with Crippen molar-refractivity contribution in [2.75, 3.05) is 26.2 Å². The molecule has 0 unspecified atom stereocenters. The summed E-state index contributed by atoms with van der Waals surface area (Å²) < 4.78 is 1.87. The molecule has 2 aromatic rings. The fourth-order valence-electron chi connectivity index (χ4n) is 2.15. The zero-order valence-corrected chi connectivity index (χ0v) is 12.4. The van der Waals surface area contributed by atoms with E-state index in [1.54, 1.807) is 6.20 Å². The normalized spacial score (nSPS) is 11.2. The molecule has 1 N–H and O–H groups in total. The van der Waals surface area contributed by atoms with Gasteiger partial charge in [-0.3, -0.25) is 4.79 Å². The number of fused-ring (bicyclic) bond motifs is 1. The van der Waals surface area contributed by atoms with Gasteiger partial charge in [-0.15, -0.1) is 0 Å². The van der Waals surface area contributed by atoms with Gasteiger partial charge in [0.05, 0.1) is 0 Å². The van der Waals surface area contributed by atoms with E-state index in [2.05, 4.69) is 29.0 Å². The second-order valence-corrected chi connectivity index (χ2v) is 4.88. The molecule has 20 heavy (non-hydrogen) atoms. The van der Waals surface area contributed by atoms with Crippen molar-refractivity contribution in [3.05, 3.63) is 35.8 Å². The molecule has 5 nitrogen and oxygen atoms in total. The van der Waals surface area contributed by atoms with Gasteiger partial charge in [-0.1, -0.05) is 13.8 Å². The van der Waals surface area contributed by atoms with Crippen molar-refractivity contribution in [2.24, 2.45) is 0 Å². The number of nitrogens with one attached hydrogen (secondary N) is 1. The highest BCUT2D eigenvalue weighted by atomic mass is 16.1. The van der Waals surface area contributed by atoms with E-state index in [1.165, 1.54) is 0 Å². The Balaban J connectivity index is 1.97. The monoisotopic (exact) mass is 274 g/mol. The summed E-state index contributed by atoms with van der Waals surface area (Å²) in [5, 5.41) is 2.92. The Morgan fingerprint density at radius 3 is 2.85 bits per heavy atom. The summed E-state index contributed by atoms with van der Waals surface area (Å²) in [6, 6.07) is 3.96. The maximum atomic E-state index is 12.1. The lowest BCUT2D eigenvalue weighted by Crippen LogP contribution is -2.34. The molecule has 0 radical (unpaired) electrons. The minimum atomic E-state index is -0.112. The highest BCUT2D eigenvalue weighted by Crippen LogP contribution is 2.07. The molecule has 2 heterocycles. The first-order valence-corrected chi connectivity index (χ1v) is 7.10. The Morgan fingerprint density at radius 2 is 2.15 bits per heavy atom. The number of carbonyl (C=O) groups excluding carboxylic acids is 1. The molecule has 0 bridgehead atoms. The smallest absolute Gasteiger partial charge is 0.271 e. The molecule has 0 saturated carbocycles.